The van der Waals surface area contributed by atoms with Crippen LogP contribution < -0.4 is 10.2 Å². The Balaban J connectivity index is 2.36. The number of hydrogen-bond acceptors (Lipinski definition) is 2. The van der Waals surface area contributed by atoms with Gasteiger partial charge in [-0.25, -0.2) is 0 Å². The van der Waals surface area contributed by atoms with Crippen molar-refractivity contribution in [1.82, 2.24) is 5.32 Å². The Morgan fingerprint density at radius 2 is 2.12 bits per heavy atom. The Hall–Kier alpha value is -1.35. The van der Waals surface area contributed by atoms with E-state index in [2.05, 4.69) is 31.3 Å². The molecule has 1 N–H and O–H groups in total. The average molecular weight is 232 g/mol. The molecule has 3 heteroatoms. The molecule has 0 saturated carbocycles. The predicted octanol–water partition coefficient (Wildman–Crippen LogP) is 2.10. The van der Waals surface area contributed by atoms with E-state index in [1.807, 2.05) is 24.0 Å². The summed E-state index contributed by atoms with van der Waals surface area (Å²) in [5, 5.41) is 3.25. The molecule has 2 unspecified atom stereocenters. The first kappa shape index (κ1) is 12.1. The number of nitrogens with zero attached hydrogens (tertiary/aromatic N) is 1. The van der Waals surface area contributed by atoms with Gasteiger partial charge < -0.3 is 10.2 Å². The van der Waals surface area contributed by atoms with Crippen molar-refractivity contribution in [3.63, 3.8) is 0 Å². The molecule has 2 atom stereocenters. The van der Waals surface area contributed by atoms with E-state index in [0.717, 1.165) is 18.7 Å². The van der Waals surface area contributed by atoms with E-state index in [9.17, 15) is 4.79 Å². The molecular formula is C14H20N2O. The van der Waals surface area contributed by atoms with E-state index in [-0.39, 0.29) is 18.0 Å². The molecule has 1 heterocycles. The molecule has 1 aromatic rings. The summed E-state index contributed by atoms with van der Waals surface area (Å²) >= 11 is 0. The number of amides is 1. The number of carbonyl (C=O) groups excluding carboxylic acids is 1. The normalized spacial score (nSPS) is 25.8. The number of benzene rings is 1. The van der Waals surface area contributed by atoms with E-state index in [1.165, 1.54) is 5.56 Å². The first-order valence-corrected chi connectivity index (χ1v) is 6.22. The van der Waals surface area contributed by atoms with Crippen LogP contribution in [0.4, 0.5) is 5.69 Å². The van der Waals surface area contributed by atoms with Gasteiger partial charge in [-0.05, 0) is 51.4 Å². The average Bonchev–Trinajstić information content (AvgIpc) is 2.40. The third-order valence-corrected chi connectivity index (χ3v) is 3.34. The van der Waals surface area contributed by atoms with Crippen molar-refractivity contribution >= 4 is 11.6 Å². The molecule has 92 valence electrons. The molecule has 2 rings (SSSR count). The number of carbonyl (C=O) groups is 1. The van der Waals surface area contributed by atoms with Crippen LogP contribution >= 0.6 is 0 Å². The molecule has 1 aliphatic rings. The molecule has 0 aromatic heterocycles. The minimum Gasteiger partial charge on any atom is -0.308 e. The van der Waals surface area contributed by atoms with Gasteiger partial charge in [0.05, 0.1) is 6.04 Å². The second-order valence-electron chi connectivity index (χ2n) is 4.86. The Morgan fingerprint density at radius 1 is 1.35 bits per heavy atom. The van der Waals surface area contributed by atoms with Crippen LogP contribution in [0.15, 0.2) is 24.3 Å². The smallest absolute Gasteiger partial charge is 0.244 e. The summed E-state index contributed by atoms with van der Waals surface area (Å²) in [5.41, 5.74) is 2.20. The van der Waals surface area contributed by atoms with Crippen molar-refractivity contribution < 1.29 is 4.79 Å². The SMILES string of the molecule is Cc1cccc(N2C(=O)C(C)NCCC2C)c1. The van der Waals surface area contributed by atoms with Crippen LogP contribution in [0.1, 0.15) is 25.8 Å². The molecule has 17 heavy (non-hydrogen) atoms. The van der Waals surface area contributed by atoms with E-state index in [4.69, 9.17) is 0 Å². The highest BCUT2D eigenvalue weighted by Gasteiger charge is 2.28. The Kier molecular flexibility index (Phi) is 3.48. The van der Waals surface area contributed by atoms with Gasteiger partial charge in [0.2, 0.25) is 5.91 Å². The quantitative estimate of drug-likeness (QED) is 0.804. The lowest BCUT2D eigenvalue weighted by Gasteiger charge is -2.28. The molecule has 1 aliphatic heterocycles. The number of rotatable bonds is 1. The third kappa shape index (κ3) is 2.50. The van der Waals surface area contributed by atoms with Gasteiger partial charge in [0.25, 0.3) is 0 Å². The lowest BCUT2D eigenvalue weighted by atomic mass is 10.1. The predicted molar refractivity (Wildman–Crippen MR) is 70.2 cm³/mol. The van der Waals surface area contributed by atoms with Crippen molar-refractivity contribution in [1.29, 1.82) is 0 Å². The lowest BCUT2D eigenvalue weighted by molar-refractivity contribution is -0.120. The molecule has 0 radical (unpaired) electrons. The standard InChI is InChI=1S/C14H20N2O/c1-10-5-4-6-13(9-10)16-11(2)7-8-15-12(3)14(16)17/h4-6,9,11-12,15H,7-8H2,1-3H3. The molecular weight excluding hydrogens is 212 g/mol. The number of hydrogen-bond donors (Lipinski definition) is 1. The second kappa shape index (κ2) is 4.88. The number of anilines is 1. The minimum absolute atomic E-state index is 0.0968. The minimum atomic E-state index is -0.0968. The lowest BCUT2D eigenvalue weighted by Crippen LogP contribution is -2.44. The van der Waals surface area contributed by atoms with Crippen LogP contribution in [-0.2, 0) is 4.79 Å². The maximum Gasteiger partial charge on any atom is 0.244 e. The van der Waals surface area contributed by atoms with Gasteiger partial charge in [-0.2, -0.15) is 0 Å². The van der Waals surface area contributed by atoms with Gasteiger partial charge in [-0.3, -0.25) is 4.79 Å². The van der Waals surface area contributed by atoms with Gasteiger partial charge in [0.1, 0.15) is 0 Å². The van der Waals surface area contributed by atoms with Gasteiger partial charge in [-0.15, -0.1) is 0 Å². The number of aryl methyl sites for hydroxylation is 1. The highest BCUT2D eigenvalue weighted by molar-refractivity contribution is 5.97. The van der Waals surface area contributed by atoms with Gasteiger partial charge >= 0.3 is 0 Å². The first-order valence-electron chi connectivity index (χ1n) is 6.22. The Morgan fingerprint density at radius 3 is 2.82 bits per heavy atom. The fourth-order valence-electron chi connectivity index (χ4n) is 2.31. The zero-order chi connectivity index (χ0) is 12.4. The summed E-state index contributed by atoms with van der Waals surface area (Å²) in [5.74, 6) is 0.167. The van der Waals surface area contributed by atoms with Gasteiger partial charge in [0, 0.05) is 11.7 Å². The van der Waals surface area contributed by atoms with Crippen molar-refractivity contribution in [2.75, 3.05) is 11.4 Å². The maximum absolute atomic E-state index is 12.3. The second-order valence-corrected chi connectivity index (χ2v) is 4.86. The fraction of sp³-hybridized carbons (Fsp3) is 0.500. The molecule has 1 saturated heterocycles. The summed E-state index contributed by atoms with van der Waals surface area (Å²) in [6, 6.07) is 8.31. The van der Waals surface area contributed by atoms with Gasteiger partial charge in [-0.1, -0.05) is 12.1 Å². The van der Waals surface area contributed by atoms with Crippen LogP contribution in [0, 0.1) is 6.92 Å². The zero-order valence-electron chi connectivity index (χ0n) is 10.7. The summed E-state index contributed by atoms with van der Waals surface area (Å²) in [7, 11) is 0. The van der Waals surface area contributed by atoms with E-state index >= 15 is 0 Å². The topological polar surface area (TPSA) is 32.3 Å². The monoisotopic (exact) mass is 232 g/mol. The van der Waals surface area contributed by atoms with Crippen molar-refractivity contribution in [2.45, 2.75) is 39.3 Å². The van der Waals surface area contributed by atoms with Crippen LogP contribution in [0.5, 0.6) is 0 Å². The molecule has 1 fully saturated rings. The summed E-state index contributed by atoms with van der Waals surface area (Å²) < 4.78 is 0. The van der Waals surface area contributed by atoms with E-state index in [0.29, 0.717) is 0 Å². The molecule has 0 bridgehead atoms. The van der Waals surface area contributed by atoms with Crippen molar-refractivity contribution in [2.24, 2.45) is 0 Å². The summed E-state index contributed by atoms with van der Waals surface area (Å²) in [6.45, 7) is 7.00. The molecule has 0 spiro atoms. The van der Waals surface area contributed by atoms with E-state index in [1.54, 1.807) is 0 Å². The highest BCUT2D eigenvalue weighted by Crippen LogP contribution is 2.22. The molecule has 1 amide bonds. The fourth-order valence-corrected chi connectivity index (χ4v) is 2.31. The highest BCUT2D eigenvalue weighted by atomic mass is 16.2. The maximum atomic E-state index is 12.3. The van der Waals surface area contributed by atoms with Crippen LogP contribution in [0.3, 0.4) is 0 Å². The van der Waals surface area contributed by atoms with Gasteiger partial charge in [0.15, 0.2) is 0 Å². The zero-order valence-corrected chi connectivity index (χ0v) is 10.7. The molecule has 1 aromatic carbocycles. The van der Waals surface area contributed by atoms with Crippen molar-refractivity contribution in [3.8, 4) is 0 Å². The van der Waals surface area contributed by atoms with Crippen LogP contribution in [0.2, 0.25) is 0 Å². The first-order chi connectivity index (χ1) is 8.09. The largest absolute Gasteiger partial charge is 0.308 e. The Labute approximate surface area is 103 Å². The summed E-state index contributed by atoms with van der Waals surface area (Å²) in [4.78, 5) is 14.3. The van der Waals surface area contributed by atoms with Crippen LogP contribution in [-0.4, -0.2) is 24.5 Å². The number of nitrogens with one attached hydrogen (secondary N) is 1. The van der Waals surface area contributed by atoms with E-state index < -0.39 is 0 Å². The molecule has 0 aliphatic carbocycles. The molecule has 3 nitrogen and oxygen atoms in total. The van der Waals surface area contributed by atoms with Crippen LogP contribution in [0.25, 0.3) is 0 Å². The Bertz CT molecular complexity index is 416. The third-order valence-electron chi connectivity index (χ3n) is 3.34. The summed E-state index contributed by atoms with van der Waals surface area (Å²) in [6.07, 6.45) is 0.990. The van der Waals surface area contributed by atoms with Crippen molar-refractivity contribution in [3.05, 3.63) is 29.8 Å².